The van der Waals surface area contributed by atoms with Gasteiger partial charge in [-0.15, -0.1) is 11.3 Å². The number of rotatable bonds is 9. The van der Waals surface area contributed by atoms with E-state index in [0.29, 0.717) is 30.9 Å². The van der Waals surface area contributed by atoms with Crippen LogP contribution in [-0.2, 0) is 17.9 Å². The maximum Gasteiger partial charge on any atom is 0.251 e. The Bertz CT molecular complexity index is 954. The largest absolute Gasteiger partial charge is 0.488 e. The van der Waals surface area contributed by atoms with Crippen molar-refractivity contribution in [2.75, 3.05) is 5.32 Å². The van der Waals surface area contributed by atoms with Gasteiger partial charge in [-0.05, 0) is 53.8 Å². The van der Waals surface area contributed by atoms with Crippen molar-refractivity contribution in [1.82, 2.24) is 5.32 Å². The van der Waals surface area contributed by atoms with Crippen LogP contribution in [0.1, 0.15) is 40.6 Å². The Labute approximate surface area is 174 Å². The first-order valence-corrected chi connectivity index (χ1v) is 10.4. The number of ether oxygens (including phenoxy) is 1. The molecular formula is C23H24N2O3S. The van der Waals surface area contributed by atoms with E-state index in [1.807, 2.05) is 60.8 Å². The van der Waals surface area contributed by atoms with Gasteiger partial charge in [0.15, 0.2) is 0 Å². The Balaban J connectivity index is 1.55. The number of carbonyl (C=O) groups excluding carboxylic acids is 2. The van der Waals surface area contributed by atoms with E-state index in [2.05, 4.69) is 10.6 Å². The molecule has 0 aliphatic rings. The van der Waals surface area contributed by atoms with Gasteiger partial charge in [0, 0.05) is 29.1 Å². The maximum atomic E-state index is 12.5. The van der Waals surface area contributed by atoms with E-state index < -0.39 is 0 Å². The number of hydrogen-bond donors (Lipinski definition) is 2. The van der Waals surface area contributed by atoms with Gasteiger partial charge in [-0.25, -0.2) is 0 Å². The van der Waals surface area contributed by atoms with Crippen molar-refractivity contribution in [2.45, 2.75) is 32.9 Å². The fourth-order valence-electron chi connectivity index (χ4n) is 2.77. The normalized spacial score (nSPS) is 10.4. The average molecular weight is 409 g/mol. The summed E-state index contributed by atoms with van der Waals surface area (Å²) in [6.07, 6.45) is 1.30. The molecule has 0 fully saturated rings. The SMILES string of the molecule is CCCC(=O)Nc1cccc(CNC(=O)c2cccc(OCc3cccs3)c2)c1. The summed E-state index contributed by atoms with van der Waals surface area (Å²) >= 11 is 1.64. The molecule has 3 aromatic rings. The van der Waals surface area contributed by atoms with Gasteiger partial charge in [-0.3, -0.25) is 9.59 Å². The van der Waals surface area contributed by atoms with Gasteiger partial charge in [-0.1, -0.05) is 31.2 Å². The predicted octanol–water partition coefficient (Wildman–Crippen LogP) is 5.00. The second-order valence-electron chi connectivity index (χ2n) is 6.58. The summed E-state index contributed by atoms with van der Waals surface area (Å²) in [5.41, 5.74) is 2.19. The van der Waals surface area contributed by atoms with Gasteiger partial charge >= 0.3 is 0 Å². The molecule has 1 aromatic heterocycles. The number of amides is 2. The first-order valence-electron chi connectivity index (χ1n) is 9.56. The Morgan fingerprint density at radius 2 is 1.90 bits per heavy atom. The molecule has 29 heavy (non-hydrogen) atoms. The van der Waals surface area contributed by atoms with Crippen LogP contribution in [0.4, 0.5) is 5.69 Å². The molecule has 150 valence electrons. The third-order valence-electron chi connectivity index (χ3n) is 4.20. The van der Waals surface area contributed by atoms with Crippen molar-refractivity contribution in [3.05, 3.63) is 82.0 Å². The molecule has 3 rings (SSSR count). The topological polar surface area (TPSA) is 67.4 Å². The van der Waals surface area contributed by atoms with E-state index in [4.69, 9.17) is 4.74 Å². The molecule has 5 nitrogen and oxygen atoms in total. The molecule has 0 radical (unpaired) electrons. The molecule has 0 saturated carbocycles. The number of anilines is 1. The van der Waals surface area contributed by atoms with Crippen LogP contribution in [0.3, 0.4) is 0 Å². The summed E-state index contributed by atoms with van der Waals surface area (Å²) in [5.74, 6) is 0.478. The second-order valence-corrected chi connectivity index (χ2v) is 7.61. The molecule has 0 aliphatic heterocycles. The van der Waals surface area contributed by atoms with Crippen LogP contribution in [0.2, 0.25) is 0 Å². The molecule has 0 spiro atoms. The van der Waals surface area contributed by atoms with Gasteiger partial charge in [0.25, 0.3) is 5.91 Å². The zero-order valence-corrected chi connectivity index (χ0v) is 17.1. The summed E-state index contributed by atoms with van der Waals surface area (Å²) in [5, 5.41) is 7.79. The molecule has 0 saturated heterocycles. The van der Waals surface area contributed by atoms with E-state index in [-0.39, 0.29) is 11.8 Å². The van der Waals surface area contributed by atoms with Gasteiger partial charge in [0.05, 0.1) is 0 Å². The van der Waals surface area contributed by atoms with E-state index in [0.717, 1.165) is 22.5 Å². The zero-order chi connectivity index (χ0) is 20.5. The molecule has 0 unspecified atom stereocenters. The Morgan fingerprint density at radius 1 is 1.03 bits per heavy atom. The standard InChI is InChI=1S/C23H24N2O3S/c1-2-6-22(26)25-19-9-3-7-17(13-19)15-24-23(27)18-8-4-10-20(14-18)28-16-21-11-5-12-29-21/h3-5,7-14H,2,6,15-16H2,1H3,(H,24,27)(H,25,26). The highest BCUT2D eigenvalue weighted by atomic mass is 32.1. The van der Waals surface area contributed by atoms with Crippen LogP contribution in [0.25, 0.3) is 0 Å². The molecule has 0 aliphatic carbocycles. The minimum Gasteiger partial charge on any atom is -0.488 e. The molecule has 0 bridgehead atoms. The van der Waals surface area contributed by atoms with E-state index in [1.54, 1.807) is 23.5 Å². The third-order valence-corrected chi connectivity index (χ3v) is 5.05. The fraction of sp³-hybridized carbons (Fsp3) is 0.217. The van der Waals surface area contributed by atoms with Crippen molar-refractivity contribution in [3.63, 3.8) is 0 Å². The van der Waals surface area contributed by atoms with Crippen LogP contribution >= 0.6 is 11.3 Å². The van der Waals surface area contributed by atoms with Crippen molar-refractivity contribution in [1.29, 1.82) is 0 Å². The van der Waals surface area contributed by atoms with Crippen molar-refractivity contribution in [3.8, 4) is 5.75 Å². The first kappa shape index (κ1) is 20.6. The highest BCUT2D eigenvalue weighted by Crippen LogP contribution is 2.17. The minimum absolute atomic E-state index is 0.00644. The number of carbonyl (C=O) groups is 2. The predicted molar refractivity (Wildman–Crippen MR) is 116 cm³/mol. The molecule has 2 amide bonds. The lowest BCUT2D eigenvalue weighted by atomic mass is 10.1. The zero-order valence-electron chi connectivity index (χ0n) is 16.3. The summed E-state index contributed by atoms with van der Waals surface area (Å²) < 4.78 is 5.77. The maximum absolute atomic E-state index is 12.5. The minimum atomic E-state index is -0.174. The third kappa shape index (κ3) is 6.47. The van der Waals surface area contributed by atoms with Crippen molar-refractivity contribution in [2.24, 2.45) is 0 Å². The van der Waals surface area contributed by atoms with Crippen molar-refractivity contribution < 1.29 is 14.3 Å². The molecule has 1 heterocycles. The molecule has 2 N–H and O–H groups in total. The monoisotopic (exact) mass is 408 g/mol. The Hall–Kier alpha value is -3.12. The van der Waals surface area contributed by atoms with Crippen LogP contribution in [-0.4, -0.2) is 11.8 Å². The summed E-state index contributed by atoms with van der Waals surface area (Å²) in [6.45, 7) is 2.82. The van der Waals surface area contributed by atoms with E-state index in [1.165, 1.54) is 0 Å². The van der Waals surface area contributed by atoms with Crippen LogP contribution < -0.4 is 15.4 Å². The second kappa shape index (κ2) is 10.4. The summed E-state index contributed by atoms with van der Waals surface area (Å²) in [7, 11) is 0. The van der Waals surface area contributed by atoms with E-state index >= 15 is 0 Å². The summed E-state index contributed by atoms with van der Waals surface area (Å²) in [4.78, 5) is 25.4. The van der Waals surface area contributed by atoms with Crippen LogP contribution in [0.15, 0.2) is 66.0 Å². The Kier molecular flexibility index (Phi) is 7.41. The highest BCUT2D eigenvalue weighted by Gasteiger charge is 2.08. The number of nitrogens with one attached hydrogen (secondary N) is 2. The van der Waals surface area contributed by atoms with Gasteiger partial charge < -0.3 is 15.4 Å². The fourth-order valence-corrected chi connectivity index (χ4v) is 3.39. The quantitative estimate of drug-likeness (QED) is 0.524. The van der Waals surface area contributed by atoms with Crippen LogP contribution in [0.5, 0.6) is 5.75 Å². The Morgan fingerprint density at radius 3 is 2.69 bits per heavy atom. The lowest BCUT2D eigenvalue weighted by molar-refractivity contribution is -0.116. The lowest BCUT2D eigenvalue weighted by Gasteiger charge is -2.10. The molecule has 2 aromatic carbocycles. The van der Waals surface area contributed by atoms with Crippen LogP contribution in [0, 0.1) is 0 Å². The molecule has 0 atom stereocenters. The van der Waals surface area contributed by atoms with Gasteiger partial charge in [0.1, 0.15) is 12.4 Å². The van der Waals surface area contributed by atoms with Gasteiger partial charge in [0.2, 0.25) is 5.91 Å². The number of benzene rings is 2. The number of thiophene rings is 1. The van der Waals surface area contributed by atoms with Gasteiger partial charge in [-0.2, -0.15) is 0 Å². The number of hydrogen-bond acceptors (Lipinski definition) is 4. The highest BCUT2D eigenvalue weighted by molar-refractivity contribution is 7.09. The molecular weight excluding hydrogens is 384 g/mol. The van der Waals surface area contributed by atoms with Crippen molar-refractivity contribution >= 4 is 28.8 Å². The average Bonchev–Trinajstić information content (AvgIpc) is 3.25. The molecule has 6 heteroatoms. The first-order chi connectivity index (χ1) is 14.1. The van der Waals surface area contributed by atoms with E-state index in [9.17, 15) is 9.59 Å². The lowest BCUT2D eigenvalue weighted by Crippen LogP contribution is -2.22. The summed E-state index contributed by atoms with van der Waals surface area (Å²) in [6, 6.07) is 18.6. The smallest absolute Gasteiger partial charge is 0.251 e.